The standard InChI is InChI=1S/C21H25ClN2O4/c1-21(2,3)14-8-6-13(7-9-14)20(26)23-12-19(25)24-16-10-15(22)17(27-4)11-18(16)28-5/h6-11H,12H2,1-5H3,(H,23,26)(H,24,25). The van der Waals surface area contributed by atoms with Gasteiger partial charge in [-0.05, 0) is 29.2 Å². The molecule has 0 radical (unpaired) electrons. The van der Waals surface area contributed by atoms with E-state index in [0.717, 1.165) is 5.56 Å². The van der Waals surface area contributed by atoms with Gasteiger partial charge >= 0.3 is 0 Å². The van der Waals surface area contributed by atoms with E-state index in [1.165, 1.54) is 20.3 Å². The Morgan fingerprint density at radius 2 is 1.61 bits per heavy atom. The van der Waals surface area contributed by atoms with Crippen LogP contribution in [0, 0.1) is 0 Å². The van der Waals surface area contributed by atoms with Crippen LogP contribution in [-0.2, 0) is 10.2 Å². The van der Waals surface area contributed by atoms with E-state index < -0.39 is 5.91 Å². The Morgan fingerprint density at radius 1 is 1.00 bits per heavy atom. The molecule has 0 aliphatic carbocycles. The van der Waals surface area contributed by atoms with Crippen LogP contribution >= 0.6 is 11.6 Å². The number of methoxy groups -OCH3 is 2. The summed E-state index contributed by atoms with van der Waals surface area (Å²) in [4.78, 5) is 24.5. The normalized spacial score (nSPS) is 10.9. The van der Waals surface area contributed by atoms with Crippen molar-refractivity contribution in [2.24, 2.45) is 0 Å². The number of amides is 2. The first-order valence-corrected chi connectivity index (χ1v) is 9.13. The van der Waals surface area contributed by atoms with Gasteiger partial charge in [-0.25, -0.2) is 0 Å². The molecule has 0 saturated carbocycles. The summed E-state index contributed by atoms with van der Waals surface area (Å²) in [5, 5.41) is 5.61. The summed E-state index contributed by atoms with van der Waals surface area (Å²) < 4.78 is 10.4. The Balaban J connectivity index is 1.99. The van der Waals surface area contributed by atoms with Crippen molar-refractivity contribution >= 4 is 29.1 Å². The van der Waals surface area contributed by atoms with Gasteiger partial charge in [-0.2, -0.15) is 0 Å². The zero-order chi connectivity index (χ0) is 20.9. The van der Waals surface area contributed by atoms with Crippen molar-refractivity contribution in [2.45, 2.75) is 26.2 Å². The molecule has 0 bridgehead atoms. The third kappa shape index (κ3) is 5.39. The van der Waals surface area contributed by atoms with Crippen LogP contribution < -0.4 is 20.1 Å². The van der Waals surface area contributed by atoms with Gasteiger partial charge in [0.2, 0.25) is 5.91 Å². The van der Waals surface area contributed by atoms with E-state index in [-0.39, 0.29) is 17.9 Å². The average molecular weight is 405 g/mol. The van der Waals surface area contributed by atoms with E-state index in [0.29, 0.717) is 27.8 Å². The van der Waals surface area contributed by atoms with E-state index in [1.807, 2.05) is 12.1 Å². The number of hydrogen-bond donors (Lipinski definition) is 2. The van der Waals surface area contributed by atoms with E-state index in [4.69, 9.17) is 21.1 Å². The maximum absolute atomic E-state index is 12.3. The summed E-state index contributed by atoms with van der Waals surface area (Å²) in [5.41, 5.74) is 2.02. The quantitative estimate of drug-likeness (QED) is 0.762. The van der Waals surface area contributed by atoms with Gasteiger partial charge in [0.05, 0.1) is 31.5 Å². The molecule has 150 valence electrons. The SMILES string of the molecule is COc1cc(OC)c(NC(=O)CNC(=O)c2ccc(C(C)(C)C)cc2)cc1Cl. The summed E-state index contributed by atoms with van der Waals surface area (Å²) in [6.45, 7) is 6.12. The number of ether oxygens (including phenoxy) is 2. The average Bonchev–Trinajstić information content (AvgIpc) is 2.65. The lowest BCUT2D eigenvalue weighted by Gasteiger charge is -2.19. The van der Waals surface area contributed by atoms with Crippen molar-refractivity contribution in [2.75, 3.05) is 26.1 Å². The zero-order valence-electron chi connectivity index (χ0n) is 16.7. The van der Waals surface area contributed by atoms with Gasteiger partial charge in [0.15, 0.2) is 0 Å². The van der Waals surface area contributed by atoms with Gasteiger partial charge in [0.25, 0.3) is 5.91 Å². The van der Waals surface area contributed by atoms with Gasteiger partial charge in [-0.1, -0.05) is 44.5 Å². The van der Waals surface area contributed by atoms with E-state index in [1.54, 1.807) is 18.2 Å². The number of halogens is 1. The predicted molar refractivity (Wildman–Crippen MR) is 111 cm³/mol. The first-order chi connectivity index (χ1) is 13.2. The smallest absolute Gasteiger partial charge is 0.251 e. The van der Waals surface area contributed by atoms with Crippen LogP contribution in [0.2, 0.25) is 5.02 Å². The summed E-state index contributed by atoms with van der Waals surface area (Å²) >= 11 is 6.09. The molecule has 0 heterocycles. The highest BCUT2D eigenvalue weighted by Crippen LogP contribution is 2.35. The lowest BCUT2D eigenvalue weighted by molar-refractivity contribution is -0.115. The molecule has 2 aromatic carbocycles. The maximum atomic E-state index is 12.3. The van der Waals surface area contributed by atoms with Crippen LogP contribution in [-0.4, -0.2) is 32.6 Å². The molecular formula is C21H25ClN2O4. The number of rotatable bonds is 6. The number of carbonyl (C=O) groups is 2. The predicted octanol–water partition coefficient (Wildman–Crippen LogP) is 4.02. The monoisotopic (exact) mass is 404 g/mol. The highest BCUT2D eigenvalue weighted by Gasteiger charge is 2.16. The number of carbonyl (C=O) groups excluding carboxylic acids is 2. The second-order valence-electron chi connectivity index (χ2n) is 7.25. The Labute approximate surface area is 170 Å². The topological polar surface area (TPSA) is 76.7 Å². The molecule has 0 saturated heterocycles. The fourth-order valence-corrected chi connectivity index (χ4v) is 2.78. The van der Waals surface area contributed by atoms with Gasteiger partial charge < -0.3 is 20.1 Å². The fourth-order valence-electron chi connectivity index (χ4n) is 2.54. The molecule has 2 amide bonds. The molecule has 0 unspecified atom stereocenters. The summed E-state index contributed by atoms with van der Waals surface area (Å²) in [5.74, 6) is 0.108. The first-order valence-electron chi connectivity index (χ1n) is 8.76. The molecule has 0 atom stereocenters. The minimum absolute atomic E-state index is 0.00753. The molecule has 2 rings (SSSR count). The third-order valence-electron chi connectivity index (χ3n) is 4.17. The Kier molecular flexibility index (Phi) is 6.91. The number of hydrogen-bond acceptors (Lipinski definition) is 4. The molecule has 2 N–H and O–H groups in total. The number of anilines is 1. The molecule has 0 fully saturated rings. The van der Waals surface area contributed by atoms with Crippen molar-refractivity contribution in [1.82, 2.24) is 5.32 Å². The molecule has 6 nitrogen and oxygen atoms in total. The van der Waals surface area contributed by atoms with Crippen LogP contribution in [0.25, 0.3) is 0 Å². The molecule has 0 aromatic heterocycles. The molecule has 7 heteroatoms. The second-order valence-corrected chi connectivity index (χ2v) is 7.65. The Hall–Kier alpha value is -2.73. The second kappa shape index (κ2) is 8.97. The van der Waals surface area contributed by atoms with Crippen molar-refractivity contribution in [3.63, 3.8) is 0 Å². The van der Waals surface area contributed by atoms with Crippen molar-refractivity contribution in [3.05, 3.63) is 52.5 Å². The van der Waals surface area contributed by atoms with E-state index in [2.05, 4.69) is 31.4 Å². The molecule has 0 aliphatic heterocycles. The summed E-state index contributed by atoms with van der Waals surface area (Å²) in [7, 11) is 2.96. The minimum Gasteiger partial charge on any atom is -0.495 e. The van der Waals surface area contributed by atoms with Gasteiger partial charge in [0, 0.05) is 11.6 Å². The minimum atomic E-state index is -0.404. The highest BCUT2D eigenvalue weighted by molar-refractivity contribution is 6.32. The molecule has 2 aromatic rings. The van der Waals surface area contributed by atoms with Gasteiger partial charge in [0.1, 0.15) is 11.5 Å². The van der Waals surface area contributed by atoms with E-state index >= 15 is 0 Å². The summed E-state index contributed by atoms with van der Waals surface area (Å²) in [6, 6.07) is 10.4. The molecular weight excluding hydrogens is 380 g/mol. The van der Waals surface area contributed by atoms with Crippen molar-refractivity contribution in [3.8, 4) is 11.5 Å². The van der Waals surface area contributed by atoms with Crippen LogP contribution in [0.4, 0.5) is 5.69 Å². The number of benzene rings is 2. The van der Waals surface area contributed by atoms with Gasteiger partial charge in [-0.15, -0.1) is 0 Å². The van der Waals surface area contributed by atoms with Crippen LogP contribution in [0.15, 0.2) is 36.4 Å². The van der Waals surface area contributed by atoms with Crippen LogP contribution in [0.5, 0.6) is 11.5 Å². The largest absolute Gasteiger partial charge is 0.495 e. The van der Waals surface area contributed by atoms with Gasteiger partial charge in [-0.3, -0.25) is 9.59 Å². The molecule has 0 aliphatic rings. The zero-order valence-corrected chi connectivity index (χ0v) is 17.4. The summed E-state index contributed by atoms with van der Waals surface area (Å²) in [6.07, 6.45) is 0. The number of nitrogens with one attached hydrogen (secondary N) is 2. The highest BCUT2D eigenvalue weighted by atomic mass is 35.5. The van der Waals surface area contributed by atoms with Crippen molar-refractivity contribution in [1.29, 1.82) is 0 Å². The lowest BCUT2D eigenvalue weighted by Crippen LogP contribution is -2.33. The van der Waals surface area contributed by atoms with Crippen molar-refractivity contribution < 1.29 is 19.1 Å². The Morgan fingerprint density at radius 3 is 2.14 bits per heavy atom. The lowest BCUT2D eigenvalue weighted by atomic mass is 9.87. The third-order valence-corrected chi connectivity index (χ3v) is 4.47. The van der Waals surface area contributed by atoms with Crippen LogP contribution in [0.1, 0.15) is 36.7 Å². The molecule has 28 heavy (non-hydrogen) atoms. The first kappa shape index (κ1) is 21.6. The Bertz CT molecular complexity index is 858. The maximum Gasteiger partial charge on any atom is 0.251 e. The fraction of sp³-hybridized carbons (Fsp3) is 0.333. The molecule has 0 spiro atoms. The van der Waals surface area contributed by atoms with E-state index in [9.17, 15) is 9.59 Å². The van der Waals surface area contributed by atoms with Crippen LogP contribution in [0.3, 0.4) is 0 Å².